The number of hydrogen-bond donors (Lipinski definition) is 0. The molecule has 0 saturated heterocycles. The fourth-order valence-corrected chi connectivity index (χ4v) is 4.59. The van der Waals surface area contributed by atoms with Crippen LogP contribution in [0, 0.1) is 0 Å². The van der Waals surface area contributed by atoms with Gasteiger partial charge in [-0.05, 0) is 78.7 Å². The van der Waals surface area contributed by atoms with Crippen LogP contribution in [0.5, 0.6) is 46.0 Å². The molecule has 0 heterocycles. The summed E-state index contributed by atoms with van der Waals surface area (Å²) in [4.78, 5) is 0. The molecule has 2 aromatic rings. The molecule has 0 spiro atoms. The zero-order chi connectivity index (χ0) is 32.2. The van der Waals surface area contributed by atoms with Gasteiger partial charge in [0.05, 0.1) is 39.6 Å². The Morgan fingerprint density at radius 2 is 0.791 bits per heavy atom. The van der Waals surface area contributed by atoms with E-state index in [4.69, 9.17) is 37.9 Å². The summed E-state index contributed by atoms with van der Waals surface area (Å²) in [5, 5.41) is 0. The van der Waals surface area contributed by atoms with Crippen molar-refractivity contribution in [3.05, 3.63) is 47.6 Å². The van der Waals surface area contributed by atoms with E-state index in [1.807, 2.05) is 67.5 Å². The Morgan fingerprint density at radius 1 is 0.488 bits per heavy atom. The van der Waals surface area contributed by atoms with Gasteiger partial charge in [-0.25, -0.2) is 0 Å². The van der Waals surface area contributed by atoms with Crippen molar-refractivity contribution in [2.75, 3.05) is 52.9 Å². The molecule has 0 atom stereocenters. The molecule has 0 aliphatic rings. The highest BCUT2D eigenvalue weighted by Crippen LogP contribution is 2.56. The Hall–Kier alpha value is -3.68. The quantitative estimate of drug-likeness (QED) is 0.141. The molecule has 0 N–H and O–H groups in total. The van der Waals surface area contributed by atoms with E-state index in [-0.39, 0.29) is 0 Å². The van der Waals surface area contributed by atoms with Gasteiger partial charge in [0.1, 0.15) is 13.2 Å². The van der Waals surface area contributed by atoms with Gasteiger partial charge in [0, 0.05) is 16.5 Å². The van der Waals surface area contributed by atoms with Crippen LogP contribution in [0.4, 0.5) is 0 Å². The van der Waals surface area contributed by atoms with E-state index in [1.54, 1.807) is 0 Å². The van der Waals surface area contributed by atoms with Crippen LogP contribution < -0.4 is 37.9 Å². The maximum absolute atomic E-state index is 6.33. The molecule has 0 aliphatic heterocycles. The van der Waals surface area contributed by atoms with Crippen LogP contribution in [-0.2, 0) is 5.41 Å². The number of ether oxygens (including phenoxy) is 8. The van der Waals surface area contributed by atoms with Gasteiger partial charge in [-0.1, -0.05) is 27.0 Å². The summed E-state index contributed by atoms with van der Waals surface area (Å²) in [5.74, 6) is 4.15. The van der Waals surface area contributed by atoms with Crippen LogP contribution in [0.25, 0.3) is 0 Å². The first-order valence-electron chi connectivity index (χ1n) is 15.3. The molecule has 0 unspecified atom stereocenters. The fourth-order valence-electron chi connectivity index (χ4n) is 4.59. The summed E-state index contributed by atoms with van der Waals surface area (Å²) in [6, 6.07) is 3.93. The molecular weight excluding hydrogens is 548 g/mol. The Balaban J connectivity index is 3.05. The van der Waals surface area contributed by atoms with Gasteiger partial charge in [-0.3, -0.25) is 0 Å². The zero-order valence-corrected chi connectivity index (χ0v) is 28.0. The summed E-state index contributed by atoms with van der Waals surface area (Å²) in [5.41, 5.74) is 2.66. The van der Waals surface area contributed by atoms with Crippen molar-refractivity contribution in [2.24, 2.45) is 0 Å². The minimum Gasteiger partial charge on any atom is -0.490 e. The molecule has 0 bridgehead atoms. The molecule has 8 nitrogen and oxygen atoms in total. The van der Waals surface area contributed by atoms with Gasteiger partial charge in [0.2, 0.25) is 23.0 Å². The van der Waals surface area contributed by atoms with Crippen LogP contribution >= 0.6 is 0 Å². The van der Waals surface area contributed by atoms with E-state index >= 15 is 0 Å². The standard InChI is InChI=1S/C35H52O8/c1-13-36-27-19-25(29(38-15-3)33(40-17-5)31(27)42-21-23(7)8)35(11,12)26-20-28(37-14-2)32(43-22-24(9)10)34(41-18-6)30(26)39-16-4/h19-20H,7,9,13-18,21-22H2,1-6,8,10-12H3. The summed E-state index contributed by atoms with van der Waals surface area (Å²) in [6.45, 7) is 30.7. The second-order valence-electron chi connectivity index (χ2n) is 10.5. The van der Waals surface area contributed by atoms with Gasteiger partial charge >= 0.3 is 0 Å². The van der Waals surface area contributed by atoms with E-state index < -0.39 is 5.41 Å². The predicted octanol–water partition coefficient (Wildman–Crippen LogP) is 8.31. The smallest absolute Gasteiger partial charge is 0.207 e. The number of rotatable bonds is 20. The zero-order valence-electron chi connectivity index (χ0n) is 28.0. The van der Waals surface area contributed by atoms with Crippen LogP contribution in [0.2, 0.25) is 0 Å². The van der Waals surface area contributed by atoms with Crippen LogP contribution in [-0.4, -0.2) is 52.9 Å². The van der Waals surface area contributed by atoms with E-state index in [9.17, 15) is 0 Å². The molecule has 43 heavy (non-hydrogen) atoms. The minimum atomic E-state index is -0.732. The van der Waals surface area contributed by atoms with Gasteiger partial charge in [-0.15, -0.1) is 0 Å². The highest BCUT2D eigenvalue weighted by molar-refractivity contribution is 5.70. The molecule has 0 aliphatic carbocycles. The lowest BCUT2D eigenvalue weighted by Crippen LogP contribution is -2.23. The molecule has 2 rings (SSSR count). The summed E-state index contributed by atoms with van der Waals surface area (Å²) >= 11 is 0. The van der Waals surface area contributed by atoms with E-state index in [0.717, 1.165) is 22.3 Å². The predicted molar refractivity (Wildman–Crippen MR) is 173 cm³/mol. The van der Waals surface area contributed by atoms with Crippen molar-refractivity contribution in [1.82, 2.24) is 0 Å². The average Bonchev–Trinajstić information content (AvgIpc) is 2.94. The second-order valence-corrected chi connectivity index (χ2v) is 10.5. The molecule has 0 fully saturated rings. The average molecular weight is 601 g/mol. The van der Waals surface area contributed by atoms with E-state index in [1.165, 1.54) is 0 Å². The first kappa shape index (κ1) is 35.5. The number of benzene rings is 2. The molecule has 0 saturated carbocycles. The van der Waals surface area contributed by atoms with Gasteiger partial charge in [0.25, 0.3) is 0 Å². The molecular formula is C35H52O8. The summed E-state index contributed by atoms with van der Waals surface area (Å²) < 4.78 is 49.8. The van der Waals surface area contributed by atoms with Gasteiger partial charge < -0.3 is 37.9 Å². The Kier molecular flexibility index (Phi) is 13.9. The lowest BCUT2D eigenvalue weighted by atomic mass is 9.76. The normalized spacial score (nSPS) is 11.0. The fraction of sp³-hybridized carbons (Fsp3) is 0.543. The SMILES string of the molecule is C=C(C)COc1c(OCC)cc(C(C)(C)c2cc(OCC)c(OCC(=C)C)c(OCC)c2OCC)c(OCC)c1OCC. The molecule has 2 aromatic carbocycles. The second kappa shape index (κ2) is 16.8. The maximum atomic E-state index is 6.33. The van der Waals surface area contributed by atoms with Crippen LogP contribution in [0.3, 0.4) is 0 Å². The van der Waals surface area contributed by atoms with E-state index in [2.05, 4.69) is 27.0 Å². The van der Waals surface area contributed by atoms with Crippen molar-refractivity contribution in [2.45, 2.75) is 74.7 Å². The molecule has 0 aromatic heterocycles. The lowest BCUT2D eigenvalue weighted by Gasteiger charge is -2.33. The number of hydrogen-bond acceptors (Lipinski definition) is 8. The third kappa shape index (κ3) is 8.68. The topological polar surface area (TPSA) is 73.8 Å². The first-order chi connectivity index (χ1) is 20.5. The van der Waals surface area contributed by atoms with Crippen LogP contribution in [0.1, 0.15) is 80.4 Å². The third-order valence-electron chi connectivity index (χ3n) is 6.34. The highest BCUT2D eigenvalue weighted by atomic mass is 16.6. The first-order valence-corrected chi connectivity index (χ1v) is 15.3. The van der Waals surface area contributed by atoms with Gasteiger partial charge in [0.15, 0.2) is 23.0 Å². The Bertz CT molecular complexity index is 1140. The Labute approximate surface area is 258 Å². The summed E-state index contributed by atoms with van der Waals surface area (Å²) in [6.07, 6.45) is 0. The van der Waals surface area contributed by atoms with Gasteiger partial charge in [-0.2, -0.15) is 0 Å². The summed E-state index contributed by atoms with van der Waals surface area (Å²) in [7, 11) is 0. The van der Waals surface area contributed by atoms with Crippen LogP contribution in [0.15, 0.2) is 36.4 Å². The van der Waals surface area contributed by atoms with Crippen molar-refractivity contribution in [3.8, 4) is 46.0 Å². The third-order valence-corrected chi connectivity index (χ3v) is 6.34. The Morgan fingerprint density at radius 3 is 1.07 bits per heavy atom. The molecule has 0 radical (unpaired) electrons. The van der Waals surface area contributed by atoms with Crippen molar-refractivity contribution in [1.29, 1.82) is 0 Å². The minimum absolute atomic E-state index is 0.310. The molecule has 0 amide bonds. The maximum Gasteiger partial charge on any atom is 0.207 e. The van der Waals surface area contributed by atoms with E-state index in [0.29, 0.717) is 98.9 Å². The largest absolute Gasteiger partial charge is 0.490 e. The highest BCUT2D eigenvalue weighted by Gasteiger charge is 2.38. The van der Waals surface area contributed by atoms with Crippen molar-refractivity contribution >= 4 is 0 Å². The monoisotopic (exact) mass is 600 g/mol. The molecule has 240 valence electrons. The van der Waals surface area contributed by atoms with Crippen molar-refractivity contribution < 1.29 is 37.9 Å². The van der Waals surface area contributed by atoms with Crippen molar-refractivity contribution in [3.63, 3.8) is 0 Å². The lowest BCUT2D eigenvalue weighted by molar-refractivity contribution is 0.240. The molecule has 8 heteroatoms.